The minimum Gasteiger partial charge on any atom is -0.350 e. The van der Waals surface area contributed by atoms with E-state index in [0.29, 0.717) is 17.9 Å². The molecule has 0 saturated heterocycles. The summed E-state index contributed by atoms with van der Waals surface area (Å²) in [6.07, 6.45) is 6.19. The molecule has 1 aromatic carbocycles. The quantitative estimate of drug-likeness (QED) is 0.799. The molecule has 0 unspecified atom stereocenters. The maximum Gasteiger partial charge on any atom is 0.263 e. The minimum atomic E-state index is 0.0519. The second-order valence-corrected chi connectivity index (χ2v) is 6.24. The lowest BCUT2D eigenvalue weighted by Gasteiger charge is -2.19. The average Bonchev–Trinajstić information content (AvgIpc) is 3.15. The van der Waals surface area contributed by atoms with E-state index >= 15 is 0 Å². The van der Waals surface area contributed by atoms with Gasteiger partial charge in [0.15, 0.2) is 0 Å². The molecule has 1 N–H and O–H groups in total. The van der Waals surface area contributed by atoms with E-state index in [1.807, 2.05) is 47.0 Å². The second-order valence-electron chi connectivity index (χ2n) is 6.24. The summed E-state index contributed by atoms with van der Waals surface area (Å²) in [4.78, 5) is 22.1. The number of fused-ring (bicyclic) bond motifs is 1. The third kappa shape index (κ3) is 2.77. The van der Waals surface area contributed by atoms with Gasteiger partial charge in [0, 0.05) is 12.2 Å². The number of hydrogen-bond donors (Lipinski definition) is 1. The van der Waals surface area contributed by atoms with Crippen LogP contribution < -0.4 is 10.9 Å². The maximum atomic E-state index is 13.0. The topological polar surface area (TPSA) is 59.8 Å². The SMILES string of the molecule is O=c1c2ccccc2nc(NCc2ccccn2)n1C1CCCC1. The Labute approximate surface area is 140 Å². The van der Waals surface area contributed by atoms with Crippen LogP contribution in [0.25, 0.3) is 10.9 Å². The van der Waals surface area contributed by atoms with E-state index in [0.717, 1.165) is 24.1 Å². The van der Waals surface area contributed by atoms with Gasteiger partial charge in [0.1, 0.15) is 0 Å². The molecule has 2 aromatic heterocycles. The molecule has 1 aliphatic carbocycles. The van der Waals surface area contributed by atoms with E-state index in [1.165, 1.54) is 12.8 Å². The van der Waals surface area contributed by atoms with Gasteiger partial charge in [0.05, 0.1) is 23.1 Å². The van der Waals surface area contributed by atoms with E-state index in [2.05, 4.69) is 10.3 Å². The van der Waals surface area contributed by atoms with Gasteiger partial charge < -0.3 is 5.32 Å². The Bertz CT molecular complexity index is 898. The van der Waals surface area contributed by atoms with Gasteiger partial charge in [0.2, 0.25) is 5.95 Å². The van der Waals surface area contributed by atoms with Crippen molar-refractivity contribution in [3.05, 3.63) is 64.7 Å². The fourth-order valence-corrected chi connectivity index (χ4v) is 3.44. The third-order valence-corrected chi connectivity index (χ3v) is 4.65. The summed E-state index contributed by atoms with van der Waals surface area (Å²) in [6, 6.07) is 13.6. The Morgan fingerprint density at radius 2 is 1.88 bits per heavy atom. The lowest BCUT2D eigenvalue weighted by molar-refractivity contribution is 0.504. The lowest BCUT2D eigenvalue weighted by atomic mass is 10.2. The Hall–Kier alpha value is -2.69. The van der Waals surface area contributed by atoms with Crippen molar-refractivity contribution in [2.45, 2.75) is 38.3 Å². The third-order valence-electron chi connectivity index (χ3n) is 4.65. The first-order chi connectivity index (χ1) is 11.8. The van der Waals surface area contributed by atoms with E-state index in [9.17, 15) is 4.79 Å². The molecule has 0 radical (unpaired) electrons. The van der Waals surface area contributed by atoms with Gasteiger partial charge in [-0.2, -0.15) is 0 Å². The van der Waals surface area contributed by atoms with Crippen molar-refractivity contribution in [3.63, 3.8) is 0 Å². The van der Waals surface area contributed by atoms with Gasteiger partial charge in [-0.1, -0.05) is 31.0 Å². The molecule has 0 bridgehead atoms. The van der Waals surface area contributed by atoms with Crippen LogP contribution >= 0.6 is 0 Å². The van der Waals surface area contributed by atoms with Gasteiger partial charge in [-0.3, -0.25) is 14.3 Å². The first kappa shape index (κ1) is 14.9. The predicted octanol–water partition coefficient (Wildman–Crippen LogP) is 3.52. The molecule has 1 saturated carbocycles. The van der Waals surface area contributed by atoms with Crippen LogP contribution in [0.2, 0.25) is 0 Å². The molecule has 1 fully saturated rings. The van der Waals surface area contributed by atoms with Crippen molar-refractivity contribution in [1.82, 2.24) is 14.5 Å². The summed E-state index contributed by atoms with van der Waals surface area (Å²) in [6.45, 7) is 0.554. The number of para-hydroxylation sites is 1. The molecule has 24 heavy (non-hydrogen) atoms. The predicted molar refractivity (Wildman–Crippen MR) is 95.1 cm³/mol. The second kappa shape index (κ2) is 6.43. The van der Waals surface area contributed by atoms with E-state index in [-0.39, 0.29) is 11.6 Å². The Morgan fingerprint density at radius 3 is 2.67 bits per heavy atom. The molecule has 4 rings (SSSR count). The highest BCUT2D eigenvalue weighted by molar-refractivity contribution is 5.78. The highest BCUT2D eigenvalue weighted by Gasteiger charge is 2.22. The number of benzene rings is 1. The zero-order valence-corrected chi connectivity index (χ0v) is 13.5. The molecule has 0 atom stereocenters. The molecule has 2 heterocycles. The maximum absolute atomic E-state index is 13.0. The van der Waals surface area contributed by atoms with Crippen molar-refractivity contribution < 1.29 is 0 Å². The van der Waals surface area contributed by atoms with Crippen molar-refractivity contribution in [1.29, 1.82) is 0 Å². The van der Waals surface area contributed by atoms with Gasteiger partial charge in [0.25, 0.3) is 5.56 Å². The number of hydrogen-bond acceptors (Lipinski definition) is 4. The summed E-state index contributed by atoms with van der Waals surface area (Å²) in [5.74, 6) is 0.649. The number of anilines is 1. The molecule has 5 heteroatoms. The highest BCUT2D eigenvalue weighted by atomic mass is 16.1. The summed E-state index contributed by atoms with van der Waals surface area (Å²) in [7, 11) is 0. The molecule has 3 aromatic rings. The molecule has 0 aliphatic heterocycles. The van der Waals surface area contributed by atoms with Crippen LogP contribution in [0.3, 0.4) is 0 Å². The van der Waals surface area contributed by atoms with Crippen molar-refractivity contribution in [2.24, 2.45) is 0 Å². The van der Waals surface area contributed by atoms with E-state index < -0.39 is 0 Å². The van der Waals surface area contributed by atoms with E-state index in [1.54, 1.807) is 6.20 Å². The van der Waals surface area contributed by atoms with Crippen molar-refractivity contribution >= 4 is 16.9 Å². The molecule has 0 amide bonds. The minimum absolute atomic E-state index is 0.0519. The Balaban J connectivity index is 1.77. The molecular formula is C19H20N4O. The smallest absolute Gasteiger partial charge is 0.263 e. The summed E-state index contributed by atoms with van der Waals surface area (Å²) in [5.41, 5.74) is 1.72. The number of nitrogens with zero attached hydrogens (tertiary/aromatic N) is 3. The number of aromatic nitrogens is 3. The number of rotatable bonds is 4. The largest absolute Gasteiger partial charge is 0.350 e. The van der Waals surface area contributed by atoms with Crippen molar-refractivity contribution in [2.75, 3.05) is 5.32 Å². The zero-order valence-electron chi connectivity index (χ0n) is 13.5. The Morgan fingerprint density at radius 1 is 1.08 bits per heavy atom. The van der Waals surface area contributed by atoms with Gasteiger partial charge in [-0.05, 0) is 37.1 Å². The van der Waals surface area contributed by atoms with Gasteiger partial charge in [-0.25, -0.2) is 4.98 Å². The lowest BCUT2D eigenvalue weighted by Crippen LogP contribution is -2.28. The van der Waals surface area contributed by atoms with Crippen LogP contribution in [0.15, 0.2) is 53.5 Å². The average molecular weight is 320 g/mol. The summed E-state index contributed by atoms with van der Waals surface area (Å²) in [5, 5.41) is 4.02. The van der Waals surface area contributed by atoms with Crippen LogP contribution in [0.1, 0.15) is 37.4 Å². The van der Waals surface area contributed by atoms with Gasteiger partial charge in [-0.15, -0.1) is 0 Å². The van der Waals surface area contributed by atoms with Crippen LogP contribution in [-0.4, -0.2) is 14.5 Å². The molecule has 122 valence electrons. The number of pyridine rings is 1. The first-order valence-corrected chi connectivity index (χ1v) is 8.48. The van der Waals surface area contributed by atoms with Crippen LogP contribution in [0.4, 0.5) is 5.95 Å². The molecular weight excluding hydrogens is 300 g/mol. The first-order valence-electron chi connectivity index (χ1n) is 8.48. The van der Waals surface area contributed by atoms with Crippen molar-refractivity contribution in [3.8, 4) is 0 Å². The number of nitrogens with one attached hydrogen (secondary N) is 1. The molecule has 0 spiro atoms. The standard InChI is InChI=1S/C19H20N4O/c24-18-16-10-3-4-11-17(16)22-19(23(18)15-8-1-2-9-15)21-13-14-7-5-6-12-20-14/h3-7,10-12,15H,1-2,8-9,13H2,(H,21,22). The van der Waals surface area contributed by atoms with Crippen LogP contribution in [0, 0.1) is 0 Å². The van der Waals surface area contributed by atoms with E-state index in [4.69, 9.17) is 4.98 Å². The highest BCUT2D eigenvalue weighted by Crippen LogP contribution is 2.30. The molecule has 1 aliphatic rings. The monoisotopic (exact) mass is 320 g/mol. The zero-order chi connectivity index (χ0) is 16.4. The molecule has 5 nitrogen and oxygen atoms in total. The Kier molecular flexibility index (Phi) is 3.99. The van der Waals surface area contributed by atoms with Crippen LogP contribution in [-0.2, 0) is 6.54 Å². The summed E-state index contributed by atoms with van der Waals surface area (Å²) >= 11 is 0. The fraction of sp³-hybridized carbons (Fsp3) is 0.316. The fourth-order valence-electron chi connectivity index (χ4n) is 3.44. The van der Waals surface area contributed by atoms with Gasteiger partial charge >= 0.3 is 0 Å². The normalized spacial score (nSPS) is 15.0. The summed E-state index contributed by atoms with van der Waals surface area (Å²) < 4.78 is 1.86. The van der Waals surface area contributed by atoms with Crippen LogP contribution in [0.5, 0.6) is 0 Å².